The Morgan fingerprint density at radius 3 is 2.84 bits per heavy atom. The molecule has 1 aromatic rings. The number of nitrogens with zero attached hydrogens (tertiary/aromatic N) is 4. The number of halogens is 1. The monoisotopic (exact) mass is 349 g/mol. The summed E-state index contributed by atoms with van der Waals surface area (Å²) in [5.74, 6) is -1.25. The number of hydrogen-bond acceptors (Lipinski definition) is 4. The molecule has 1 spiro atoms. The van der Waals surface area contributed by atoms with Gasteiger partial charge in [0.1, 0.15) is 6.54 Å². The minimum atomic E-state index is -0.714. The van der Waals surface area contributed by atoms with E-state index in [-0.39, 0.29) is 36.5 Å². The predicted molar refractivity (Wildman–Crippen MR) is 86.2 cm³/mol. The summed E-state index contributed by atoms with van der Waals surface area (Å²) in [6.07, 6.45) is 1.79. The van der Waals surface area contributed by atoms with E-state index in [0.717, 1.165) is 6.07 Å². The van der Waals surface area contributed by atoms with E-state index >= 15 is 0 Å². The minimum absolute atomic E-state index is 0.0388. The summed E-state index contributed by atoms with van der Waals surface area (Å²) >= 11 is 0. The summed E-state index contributed by atoms with van der Waals surface area (Å²) in [6.45, 7) is 0.967. The summed E-state index contributed by atoms with van der Waals surface area (Å²) < 4.78 is 13.3. The van der Waals surface area contributed by atoms with Crippen molar-refractivity contribution in [1.82, 2.24) is 25.0 Å². The molecule has 1 atom stereocenters. The van der Waals surface area contributed by atoms with Crippen molar-refractivity contribution in [3.05, 3.63) is 29.8 Å². The van der Waals surface area contributed by atoms with Crippen LogP contribution in [0, 0.1) is 5.95 Å². The Bertz CT molecular complexity index is 725. The number of piperazine rings is 1. The molecule has 0 aromatic carbocycles. The van der Waals surface area contributed by atoms with Crippen LogP contribution in [0.2, 0.25) is 0 Å². The molecule has 1 aromatic heterocycles. The number of carbonyl (C=O) groups is 3. The average Bonchev–Trinajstić information content (AvgIpc) is 3.01. The zero-order valence-corrected chi connectivity index (χ0v) is 14.2. The maximum Gasteiger partial charge on any atom is 0.320 e. The van der Waals surface area contributed by atoms with Gasteiger partial charge in [-0.25, -0.2) is 9.78 Å². The highest BCUT2D eigenvalue weighted by Gasteiger charge is 2.50. The van der Waals surface area contributed by atoms with Crippen molar-refractivity contribution in [3.8, 4) is 0 Å². The van der Waals surface area contributed by atoms with Gasteiger partial charge in [-0.1, -0.05) is 0 Å². The average molecular weight is 349 g/mol. The number of amides is 4. The predicted octanol–water partition coefficient (Wildman–Crippen LogP) is -0.0812. The van der Waals surface area contributed by atoms with Gasteiger partial charge >= 0.3 is 6.03 Å². The third kappa shape index (κ3) is 3.13. The molecular weight excluding hydrogens is 329 g/mol. The summed E-state index contributed by atoms with van der Waals surface area (Å²) in [6, 6.07) is 2.29. The molecule has 1 N–H and O–H groups in total. The Morgan fingerprint density at radius 2 is 2.16 bits per heavy atom. The lowest BCUT2D eigenvalue weighted by atomic mass is 9.93. The molecule has 8 nitrogen and oxygen atoms in total. The fraction of sp³-hybridized carbons (Fsp3) is 0.500. The fourth-order valence-electron chi connectivity index (χ4n) is 3.35. The van der Waals surface area contributed by atoms with Crippen LogP contribution < -0.4 is 5.32 Å². The summed E-state index contributed by atoms with van der Waals surface area (Å²) in [4.78, 5) is 44.9. The van der Waals surface area contributed by atoms with Gasteiger partial charge in [0, 0.05) is 51.6 Å². The highest BCUT2D eigenvalue weighted by Crippen LogP contribution is 2.31. The second-order valence-corrected chi connectivity index (χ2v) is 6.61. The lowest BCUT2D eigenvalue weighted by Crippen LogP contribution is -2.67. The van der Waals surface area contributed by atoms with E-state index in [4.69, 9.17) is 0 Å². The molecule has 0 unspecified atom stereocenters. The maximum absolute atomic E-state index is 13.3. The number of urea groups is 1. The van der Waals surface area contributed by atoms with Crippen molar-refractivity contribution in [3.63, 3.8) is 0 Å². The number of carbonyl (C=O) groups excluding carboxylic acids is 3. The van der Waals surface area contributed by atoms with E-state index in [2.05, 4.69) is 10.3 Å². The van der Waals surface area contributed by atoms with E-state index in [1.54, 1.807) is 19.0 Å². The van der Waals surface area contributed by atoms with Crippen molar-refractivity contribution < 1.29 is 18.8 Å². The standard InChI is InChI=1S/C16H20FN5O3/c1-20(2)15(25)22-8-13(23)19-9-16(22)4-6-21(10-16)14(24)11-3-5-18-12(17)7-11/h3,5,7H,4,6,8-10H2,1-2H3,(H,19,23)/t16-/m1/s1. The first-order chi connectivity index (χ1) is 11.8. The van der Waals surface area contributed by atoms with Gasteiger partial charge in [-0.05, 0) is 12.5 Å². The summed E-state index contributed by atoms with van der Waals surface area (Å²) in [7, 11) is 3.25. The van der Waals surface area contributed by atoms with E-state index < -0.39 is 11.5 Å². The van der Waals surface area contributed by atoms with Crippen molar-refractivity contribution in [1.29, 1.82) is 0 Å². The van der Waals surface area contributed by atoms with Gasteiger partial charge in [-0.15, -0.1) is 0 Å². The number of rotatable bonds is 1. The number of nitrogens with one attached hydrogen (secondary N) is 1. The number of hydrogen-bond donors (Lipinski definition) is 1. The fourth-order valence-corrected chi connectivity index (χ4v) is 3.35. The molecule has 9 heteroatoms. The quantitative estimate of drug-likeness (QED) is 0.719. The third-order valence-electron chi connectivity index (χ3n) is 4.70. The van der Waals surface area contributed by atoms with Crippen LogP contribution in [0.3, 0.4) is 0 Å². The highest BCUT2D eigenvalue weighted by atomic mass is 19.1. The molecule has 2 aliphatic rings. The Hall–Kier alpha value is -2.71. The Morgan fingerprint density at radius 1 is 1.40 bits per heavy atom. The van der Waals surface area contributed by atoms with Crippen LogP contribution in [0.4, 0.5) is 9.18 Å². The first-order valence-corrected chi connectivity index (χ1v) is 7.99. The molecule has 25 heavy (non-hydrogen) atoms. The molecule has 0 aliphatic carbocycles. The molecule has 3 heterocycles. The zero-order chi connectivity index (χ0) is 18.2. The smallest absolute Gasteiger partial charge is 0.320 e. The van der Waals surface area contributed by atoms with Crippen LogP contribution >= 0.6 is 0 Å². The topological polar surface area (TPSA) is 85.9 Å². The van der Waals surface area contributed by atoms with Gasteiger partial charge < -0.3 is 20.0 Å². The van der Waals surface area contributed by atoms with E-state index in [0.29, 0.717) is 19.5 Å². The Kier molecular flexibility index (Phi) is 4.32. The van der Waals surface area contributed by atoms with Gasteiger partial charge in [0.25, 0.3) is 5.91 Å². The number of pyridine rings is 1. The van der Waals surface area contributed by atoms with Crippen LogP contribution in [-0.2, 0) is 4.79 Å². The Labute approximate surface area is 144 Å². The maximum atomic E-state index is 13.3. The Balaban J connectivity index is 1.82. The van der Waals surface area contributed by atoms with Crippen molar-refractivity contribution in [2.45, 2.75) is 12.0 Å². The lowest BCUT2D eigenvalue weighted by Gasteiger charge is -2.45. The summed E-state index contributed by atoms with van der Waals surface area (Å²) in [5.41, 5.74) is -0.425. The number of likely N-dealkylation sites (tertiary alicyclic amines) is 1. The third-order valence-corrected chi connectivity index (χ3v) is 4.70. The normalized spacial score (nSPS) is 22.9. The first kappa shape index (κ1) is 17.1. The lowest BCUT2D eigenvalue weighted by molar-refractivity contribution is -0.126. The molecule has 0 saturated carbocycles. The molecule has 134 valence electrons. The van der Waals surface area contributed by atoms with E-state index in [9.17, 15) is 18.8 Å². The van der Waals surface area contributed by atoms with Crippen LogP contribution in [0.25, 0.3) is 0 Å². The minimum Gasteiger partial charge on any atom is -0.352 e. The molecule has 2 saturated heterocycles. The molecule has 4 amide bonds. The summed E-state index contributed by atoms with van der Waals surface area (Å²) in [5, 5.41) is 2.79. The first-order valence-electron chi connectivity index (χ1n) is 7.99. The second-order valence-electron chi connectivity index (χ2n) is 6.61. The van der Waals surface area contributed by atoms with Crippen LogP contribution in [0.1, 0.15) is 16.8 Å². The number of aromatic nitrogens is 1. The van der Waals surface area contributed by atoms with Crippen molar-refractivity contribution in [2.75, 3.05) is 40.3 Å². The van der Waals surface area contributed by atoms with Gasteiger partial charge in [-0.3, -0.25) is 9.59 Å². The van der Waals surface area contributed by atoms with E-state index in [1.165, 1.54) is 22.1 Å². The van der Waals surface area contributed by atoms with Crippen molar-refractivity contribution in [2.24, 2.45) is 0 Å². The van der Waals surface area contributed by atoms with Crippen molar-refractivity contribution >= 4 is 17.8 Å². The SMILES string of the molecule is CN(C)C(=O)N1CC(=O)NC[C@@]12CCN(C(=O)c1ccnc(F)c1)C2. The van der Waals surface area contributed by atoms with Gasteiger partial charge in [-0.2, -0.15) is 4.39 Å². The largest absolute Gasteiger partial charge is 0.352 e. The van der Waals surface area contributed by atoms with Gasteiger partial charge in [0.2, 0.25) is 11.9 Å². The molecule has 2 aliphatic heterocycles. The van der Waals surface area contributed by atoms with E-state index in [1.807, 2.05) is 0 Å². The zero-order valence-electron chi connectivity index (χ0n) is 14.2. The second kappa shape index (κ2) is 6.30. The van der Waals surface area contributed by atoms with Crippen LogP contribution in [0.5, 0.6) is 0 Å². The highest BCUT2D eigenvalue weighted by molar-refractivity contribution is 5.94. The molecule has 0 bridgehead atoms. The van der Waals surface area contributed by atoms with Crippen LogP contribution in [0.15, 0.2) is 18.3 Å². The van der Waals surface area contributed by atoms with Gasteiger partial charge in [0.05, 0.1) is 5.54 Å². The molecule has 2 fully saturated rings. The van der Waals surface area contributed by atoms with Gasteiger partial charge in [0.15, 0.2) is 0 Å². The molecule has 0 radical (unpaired) electrons. The molecule has 3 rings (SSSR count). The molecular formula is C16H20FN5O3. The van der Waals surface area contributed by atoms with Crippen LogP contribution in [-0.4, -0.2) is 83.3 Å².